The largest absolute Gasteiger partial charge is 0.392 e. The summed E-state index contributed by atoms with van der Waals surface area (Å²) in [6.07, 6.45) is 2.02. The van der Waals surface area contributed by atoms with Gasteiger partial charge in [-0.05, 0) is 12.8 Å². The molecule has 0 amide bonds. The molecule has 5 heteroatoms. The summed E-state index contributed by atoms with van der Waals surface area (Å²) in [5, 5.41) is 8.50. The maximum absolute atomic E-state index is 10.8. The molecule has 0 aromatic carbocycles. The zero-order valence-corrected chi connectivity index (χ0v) is 7.61. The number of aliphatic hydroxyl groups excluding tert-OH is 1. The molecular formula is C6H11ClO3S. The van der Waals surface area contributed by atoms with Gasteiger partial charge in [-0.2, -0.15) is 0 Å². The summed E-state index contributed by atoms with van der Waals surface area (Å²) < 4.78 is 21.6. The Bertz CT molecular complexity index is 224. The minimum atomic E-state index is -3.55. The molecule has 0 spiro atoms. The van der Waals surface area contributed by atoms with E-state index in [0.29, 0.717) is 12.8 Å². The van der Waals surface area contributed by atoms with Gasteiger partial charge in [-0.3, -0.25) is 0 Å². The van der Waals surface area contributed by atoms with Crippen molar-refractivity contribution in [2.75, 3.05) is 0 Å². The molecule has 1 rings (SSSR count). The highest BCUT2D eigenvalue weighted by molar-refractivity contribution is 8.14. The molecule has 0 saturated heterocycles. The van der Waals surface area contributed by atoms with Gasteiger partial charge in [0.05, 0.1) is 6.10 Å². The third-order valence-electron chi connectivity index (χ3n) is 2.03. The first-order chi connectivity index (χ1) is 5.02. The average molecular weight is 199 g/mol. The normalized spacial score (nSPS) is 33.6. The first-order valence-electron chi connectivity index (χ1n) is 3.63. The van der Waals surface area contributed by atoms with E-state index >= 15 is 0 Å². The predicted molar refractivity (Wildman–Crippen MR) is 43.0 cm³/mol. The smallest absolute Gasteiger partial charge is 0.238 e. The molecule has 0 radical (unpaired) electrons. The van der Waals surface area contributed by atoms with Crippen molar-refractivity contribution in [2.24, 2.45) is 0 Å². The van der Waals surface area contributed by atoms with Gasteiger partial charge >= 0.3 is 0 Å². The van der Waals surface area contributed by atoms with Crippen molar-refractivity contribution >= 4 is 19.7 Å². The number of halogens is 1. The number of rotatable bonds is 1. The van der Waals surface area contributed by atoms with E-state index in [9.17, 15) is 13.5 Å². The summed E-state index contributed by atoms with van der Waals surface area (Å²) in [5.41, 5.74) is 0. The van der Waals surface area contributed by atoms with Crippen LogP contribution in [0.3, 0.4) is 0 Å². The van der Waals surface area contributed by atoms with E-state index in [2.05, 4.69) is 0 Å². The van der Waals surface area contributed by atoms with Crippen LogP contribution in [0.5, 0.6) is 0 Å². The lowest BCUT2D eigenvalue weighted by molar-refractivity contribution is 0.134. The summed E-state index contributed by atoms with van der Waals surface area (Å²) in [4.78, 5) is 0. The van der Waals surface area contributed by atoms with Crippen LogP contribution in [0.4, 0.5) is 0 Å². The fourth-order valence-electron chi connectivity index (χ4n) is 1.41. The van der Waals surface area contributed by atoms with Crippen LogP contribution in [0.15, 0.2) is 0 Å². The molecule has 66 valence electrons. The summed E-state index contributed by atoms with van der Waals surface area (Å²) >= 11 is 0. The molecule has 3 nitrogen and oxygen atoms in total. The van der Waals surface area contributed by atoms with E-state index in [1.165, 1.54) is 0 Å². The summed E-state index contributed by atoms with van der Waals surface area (Å²) in [5.74, 6) is 0. The average Bonchev–Trinajstić information content (AvgIpc) is 1.86. The Labute approximate surface area is 70.8 Å². The molecule has 0 bridgehead atoms. The number of hydrogen-bond acceptors (Lipinski definition) is 3. The fourth-order valence-corrected chi connectivity index (χ4v) is 2.99. The molecule has 1 fully saturated rings. The molecule has 1 saturated carbocycles. The van der Waals surface area contributed by atoms with Gasteiger partial charge in [0.15, 0.2) is 0 Å². The van der Waals surface area contributed by atoms with Crippen LogP contribution >= 0.6 is 10.7 Å². The zero-order chi connectivity index (χ0) is 8.48. The third-order valence-corrected chi connectivity index (χ3v) is 3.99. The fraction of sp³-hybridized carbons (Fsp3) is 1.00. The molecule has 0 aliphatic heterocycles. The molecular weight excluding hydrogens is 188 g/mol. The molecule has 11 heavy (non-hydrogen) atoms. The molecule has 0 aromatic heterocycles. The van der Waals surface area contributed by atoms with Gasteiger partial charge in [-0.25, -0.2) is 8.42 Å². The van der Waals surface area contributed by atoms with E-state index in [-0.39, 0.29) is 0 Å². The Hall–Kier alpha value is 0.200. The molecule has 1 aliphatic carbocycles. The van der Waals surface area contributed by atoms with E-state index in [1.807, 2.05) is 0 Å². The van der Waals surface area contributed by atoms with Gasteiger partial charge in [0.25, 0.3) is 0 Å². The molecule has 2 atom stereocenters. The van der Waals surface area contributed by atoms with Crippen molar-refractivity contribution in [2.45, 2.75) is 37.0 Å². The molecule has 1 N–H and O–H groups in total. The Morgan fingerprint density at radius 2 is 1.82 bits per heavy atom. The topological polar surface area (TPSA) is 54.4 Å². The molecule has 0 aromatic rings. The minimum absolute atomic E-state index is 0.493. The SMILES string of the molecule is O=S(=O)(Cl)[C@@H]1CCCC[C@H]1O. The maximum Gasteiger partial charge on any atom is 0.238 e. The summed E-state index contributed by atoms with van der Waals surface area (Å²) in [7, 11) is 1.57. The van der Waals surface area contributed by atoms with Crippen LogP contribution in [0.25, 0.3) is 0 Å². The van der Waals surface area contributed by atoms with Crippen molar-refractivity contribution in [3.8, 4) is 0 Å². The van der Waals surface area contributed by atoms with Crippen LogP contribution in [0.1, 0.15) is 25.7 Å². The molecule has 0 unspecified atom stereocenters. The first-order valence-corrected chi connectivity index (χ1v) is 6.00. The van der Waals surface area contributed by atoms with Crippen molar-refractivity contribution in [1.82, 2.24) is 0 Å². The van der Waals surface area contributed by atoms with Crippen LogP contribution < -0.4 is 0 Å². The van der Waals surface area contributed by atoms with Gasteiger partial charge in [-0.15, -0.1) is 0 Å². The van der Waals surface area contributed by atoms with Gasteiger partial charge < -0.3 is 5.11 Å². The van der Waals surface area contributed by atoms with Gasteiger partial charge in [-0.1, -0.05) is 12.8 Å². The Morgan fingerprint density at radius 3 is 2.18 bits per heavy atom. The highest BCUT2D eigenvalue weighted by Crippen LogP contribution is 2.26. The number of aliphatic hydroxyl groups is 1. The van der Waals surface area contributed by atoms with Crippen molar-refractivity contribution < 1.29 is 13.5 Å². The van der Waals surface area contributed by atoms with Crippen molar-refractivity contribution in [3.63, 3.8) is 0 Å². The van der Waals surface area contributed by atoms with E-state index < -0.39 is 20.4 Å². The van der Waals surface area contributed by atoms with Crippen LogP contribution in [0.2, 0.25) is 0 Å². The zero-order valence-electron chi connectivity index (χ0n) is 6.03. The second kappa shape index (κ2) is 3.29. The van der Waals surface area contributed by atoms with Crippen LogP contribution in [-0.2, 0) is 9.05 Å². The summed E-state index contributed by atoms with van der Waals surface area (Å²) in [6, 6.07) is 0. The van der Waals surface area contributed by atoms with Gasteiger partial charge in [0, 0.05) is 10.7 Å². The quantitative estimate of drug-likeness (QED) is 0.636. The Morgan fingerprint density at radius 1 is 1.27 bits per heavy atom. The number of hydrogen-bond donors (Lipinski definition) is 1. The van der Waals surface area contributed by atoms with E-state index in [4.69, 9.17) is 10.7 Å². The monoisotopic (exact) mass is 198 g/mol. The van der Waals surface area contributed by atoms with Crippen molar-refractivity contribution in [1.29, 1.82) is 0 Å². The lowest BCUT2D eigenvalue weighted by atomic mass is 9.97. The Balaban J connectivity index is 2.70. The van der Waals surface area contributed by atoms with Gasteiger partial charge in [0.2, 0.25) is 9.05 Å². The molecule has 1 aliphatic rings. The van der Waals surface area contributed by atoms with Crippen molar-refractivity contribution in [3.05, 3.63) is 0 Å². The highest BCUT2D eigenvalue weighted by atomic mass is 35.7. The van der Waals surface area contributed by atoms with Gasteiger partial charge in [0.1, 0.15) is 5.25 Å². The van der Waals surface area contributed by atoms with E-state index in [0.717, 1.165) is 12.8 Å². The van der Waals surface area contributed by atoms with Crippen LogP contribution in [0, 0.1) is 0 Å². The van der Waals surface area contributed by atoms with Crippen LogP contribution in [-0.4, -0.2) is 24.9 Å². The lowest BCUT2D eigenvalue weighted by Crippen LogP contribution is -2.34. The minimum Gasteiger partial charge on any atom is -0.392 e. The summed E-state index contributed by atoms with van der Waals surface area (Å²) in [6.45, 7) is 0. The third kappa shape index (κ3) is 2.32. The standard InChI is InChI=1S/C6H11ClO3S/c7-11(9,10)6-4-2-1-3-5(6)8/h5-6,8H,1-4H2/t5-,6-/m1/s1. The predicted octanol–water partition coefficient (Wildman–Crippen LogP) is 0.859. The lowest BCUT2D eigenvalue weighted by Gasteiger charge is -2.24. The highest BCUT2D eigenvalue weighted by Gasteiger charge is 2.32. The Kier molecular flexibility index (Phi) is 2.78. The molecule has 0 heterocycles. The second-order valence-corrected chi connectivity index (χ2v) is 5.71. The first kappa shape index (κ1) is 9.29. The second-order valence-electron chi connectivity index (χ2n) is 2.87. The van der Waals surface area contributed by atoms with E-state index in [1.54, 1.807) is 0 Å². The maximum atomic E-state index is 10.8.